The molecule has 6 nitrogen and oxygen atoms in total. The van der Waals surface area contributed by atoms with Crippen molar-refractivity contribution in [2.75, 3.05) is 13.7 Å². The summed E-state index contributed by atoms with van der Waals surface area (Å²) < 4.78 is 13.7. The van der Waals surface area contributed by atoms with Crippen molar-refractivity contribution in [1.82, 2.24) is 15.1 Å². The van der Waals surface area contributed by atoms with Gasteiger partial charge in [-0.25, -0.2) is 4.68 Å². The Hall–Kier alpha value is -3.06. The summed E-state index contributed by atoms with van der Waals surface area (Å²) in [5, 5.41) is 11.9. The van der Waals surface area contributed by atoms with E-state index in [9.17, 15) is 4.79 Å². The summed E-state index contributed by atoms with van der Waals surface area (Å²) in [7, 11) is 1.70. The van der Waals surface area contributed by atoms with Crippen molar-refractivity contribution in [3.05, 3.63) is 51.9 Å². The number of fused-ring (bicyclic) bond motifs is 3. The highest BCUT2D eigenvalue weighted by Gasteiger charge is 2.32. The molecule has 0 spiro atoms. The highest BCUT2D eigenvalue weighted by Crippen LogP contribution is 2.46. The average molecular weight is 464 g/mol. The van der Waals surface area contributed by atoms with Crippen LogP contribution in [0.3, 0.4) is 0 Å². The molecule has 7 heteroatoms. The van der Waals surface area contributed by atoms with Gasteiger partial charge in [0.05, 0.1) is 18.5 Å². The Morgan fingerprint density at radius 1 is 1.30 bits per heavy atom. The molecule has 0 atom stereocenters. The van der Waals surface area contributed by atoms with Gasteiger partial charge in [0.1, 0.15) is 18.1 Å². The van der Waals surface area contributed by atoms with Gasteiger partial charge in [-0.1, -0.05) is 26.8 Å². The second-order valence-electron chi connectivity index (χ2n) is 9.77. The van der Waals surface area contributed by atoms with Crippen LogP contribution in [0.1, 0.15) is 61.6 Å². The number of amides is 1. The van der Waals surface area contributed by atoms with Crippen molar-refractivity contribution in [2.45, 2.75) is 46.6 Å². The molecule has 1 aliphatic heterocycles. The Morgan fingerprint density at radius 3 is 2.82 bits per heavy atom. The van der Waals surface area contributed by atoms with Gasteiger partial charge in [0, 0.05) is 34.7 Å². The summed E-state index contributed by atoms with van der Waals surface area (Å²) in [5.41, 5.74) is 6.39. The average Bonchev–Trinajstić information content (AvgIpc) is 3.56. The standard InChI is InChI=1S/C26H29N3O3S/c1-26(2,3)15-27-25(30)23-20-13-32-22-12-21(31-4)18(16-7-5-6-8-16)11-19(22)24(20)29(28-23)17-9-10-33-14-17/h7,9-12,14H,5-6,8,13,15H2,1-4H3,(H,27,30). The lowest BCUT2D eigenvalue weighted by molar-refractivity contribution is 0.0931. The minimum Gasteiger partial charge on any atom is -0.496 e. The largest absolute Gasteiger partial charge is 0.496 e. The van der Waals surface area contributed by atoms with Crippen molar-refractivity contribution in [3.63, 3.8) is 0 Å². The molecule has 33 heavy (non-hydrogen) atoms. The van der Waals surface area contributed by atoms with Crippen LogP contribution in [0.25, 0.3) is 22.5 Å². The summed E-state index contributed by atoms with van der Waals surface area (Å²) in [6.45, 7) is 7.14. The van der Waals surface area contributed by atoms with Gasteiger partial charge in [-0.15, -0.1) is 0 Å². The predicted octanol–water partition coefficient (Wildman–Crippen LogP) is 5.85. The lowest BCUT2D eigenvalue weighted by atomic mass is 9.95. The molecule has 1 aliphatic carbocycles. The SMILES string of the molecule is COc1cc2c(cc1C1=CCCC1)-c1c(c(C(=O)NCC(C)(C)C)nn1-c1ccsc1)CO2. The quantitative estimate of drug-likeness (QED) is 0.516. The van der Waals surface area contributed by atoms with Gasteiger partial charge in [-0.05, 0) is 47.8 Å². The van der Waals surface area contributed by atoms with Crippen LogP contribution in [0.2, 0.25) is 0 Å². The molecule has 0 unspecified atom stereocenters. The molecule has 0 saturated heterocycles. The van der Waals surface area contributed by atoms with Crippen LogP contribution < -0.4 is 14.8 Å². The van der Waals surface area contributed by atoms with E-state index in [-0.39, 0.29) is 17.9 Å². The Morgan fingerprint density at radius 2 is 2.15 bits per heavy atom. The van der Waals surface area contributed by atoms with Crippen LogP contribution in [0.4, 0.5) is 0 Å². The summed E-state index contributed by atoms with van der Waals surface area (Å²) in [5.74, 6) is 1.39. The van der Waals surface area contributed by atoms with Crippen molar-refractivity contribution < 1.29 is 14.3 Å². The highest BCUT2D eigenvalue weighted by atomic mass is 32.1. The summed E-state index contributed by atoms with van der Waals surface area (Å²) >= 11 is 1.61. The Bertz CT molecular complexity index is 1230. The molecule has 0 bridgehead atoms. The molecule has 2 aromatic heterocycles. The van der Waals surface area contributed by atoms with Gasteiger partial charge in [0.2, 0.25) is 0 Å². The van der Waals surface area contributed by atoms with E-state index in [2.05, 4.69) is 38.2 Å². The van der Waals surface area contributed by atoms with E-state index >= 15 is 0 Å². The van der Waals surface area contributed by atoms with Gasteiger partial charge in [0.15, 0.2) is 5.69 Å². The van der Waals surface area contributed by atoms with Crippen molar-refractivity contribution in [1.29, 1.82) is 0 Å². The van der Waals surface area contributed by atoms with E-state index < -0.39 is 0 Å². The zero-order valence-corrected chi connectivity index (χ0v) is 20.3. The van der Waals surface area contributed by atoms with E-state index in [4.69, 9.17) is 14.6 Å². The van der Waals surface area contributed by atoms with Crippen LogP contribution >= 0.6 is 11.3 Å². The molecule has 5 rings (SSSR count). The zero-order chi connectivity index (χ0) is 23.2. The monoisotopic (exact) mass is 463 g/mol. The maximum Gasteiger partial charge on any atom is 0.272 e. The lowest BCUT2D eigenvalue weighted by Crippen LogP contribution is -2.33. The zero-order valence-electron chi connectivity index (χ0n) is 19.5. The number of hydrogen-bond acceptors (Lipinski definition) is 5. The number of carbonyl (C=O) groups excluding carboxylic acids is 1. The van der Waals surface area contributed by atoms with Crippen LogP contribution in [0, 0.1) is 5.41 Å². The fourth-order valence-corrected chi connectivity index (χ4v) is 5.01. The van der Waals surface area contributed by atoms with E-state index in [0.29, 0.717) is 12.2 Å². The number of aromatic nitrogens is 2. The summed E-state index contributed by atoms with van der Waals surface area (Å²) in [4.78, 5) is 13.2. The number of carbonyl (C=O) groups is 1. The van der Waals surface area contributed by atoms with Gasteiger partial charge < -0.3 is 14.8 Å². The van der Waals surface area contributed by atoms with Crippen LogP contribution in [-0.2, 0) is 6.61 Å². The molecule has 0 fully saturated rings. The number of methoxy groups -OCH3 is 1. The first-order chi connectivity index (χ1) is 15.9. The second-order valence-corrected chi connectivity index (χ2v) is 10.6. The topological polar surface area (TPSA) is 65.4 Å². The maximum atomic E-state index is 13.2. The number of ether oxygens (including phenoxy) is 2. The van der Waals surface area contributed by atoms with Crippen molar-refractivity contribution in [2.24, 2.45) is 5.41 Å². The fourth-order valence-electron chi connectivity index (χ4n) is 4.39. The molecule has 2 aliphatic rings. The Labute approximate surface area is 198 Å². The third kappa shape index (κ3) is 4.06. The lowest BCUT2D eigenvalue weighted by Gasteiger charge is -2.22. The van der Waals surface area contributed by atoms with Gasteiger partial charge in [-0.2, -0.15) is 16.4 Å². The molecule has 3 heterocycles. The molecule has 0 saturated carbocycles. The van der Waals surface area contributed by atoms with Gasteiger partial charge in [0.25, 0.3) is 5.91 Å². The van der Waals surface area contributed by atoms with E-state index in [1.807, 2.05) is 27.6 Å². The van der Waals surface area contributed by atoms with Crippen LogP contribution in [0.15, 0.2) is 35.0 Å². The predicted molar refractivity (Wildman–Crippen MR) is 131 cm³/mol. The number of hydrogen-bond donors (Lipinski definition) is 1. The minimum atomic E-state index is -0.172. The number of allylic oxidation sites excluding steroid dienone is 2. The molecule has 1 aromatic carbocycles. The van der Waals surface area contributed by atoms with E-state index in [1.165, 1.54) is 5.57 Å². The van der Waals surface area contributed by atoms with Crippen LogP contribution in [-0.4, -0.2) is 29.3 Å². The van der Waals surface area contributed by atoms with E-state index in [0.717, 1.165) is 58.8 Å². The smallest absolute Gasteiger partial charge is 0.272 e. The molecular formula is C26H29N3O3S. The highest BCUT2D eigenvalue weighted by molar-refractivity contribution is 7.08. The number of nitrogens with one attached hydrogen (secondary N) is 1. The summed E-state index contributed by atoms with van der Waals surface area (Å²) in [6, 6.07) is 6.13. The molecule has 172 valence electrons. The third-order valence-corrected chi connectivity index (χ3v) is 6.72. The molecule has 3 aromatic rings. The molecule has 1 N–H and O–H groups in total. The number of rotatable bonds is 5. The molecular weight excluding hydrogens is 434 g/mol. The van der Waals surface area contributed by atoms with Crippen LogP contribution in [0.5, 0.6) is 11.5 Å². The second kappa shape index (κ2) is 8.37. The number of nitrogens with zero attached hydrogens (tertiary/aromatic N) is 2. The Balaban J connectivity index is 1.66. The Kier molecular flexibility index (Phi) is 5.52. The first-order valence-corrected chi connectivity index (χ1v) is 12.3. The number of benzene rings is 1. The maximum absolute atomic E-state index is 13.2. The van der Waals surface area contributed by atoms with E-state index in [1.54, 1.807) is 18.4 Å². The first-order valence-electron chi connectivity index (χ1n) is 11.3. The first kappa shape index (κ1) is 21.8. The van der Waals surface area contributed by atoms with Crippen molar-refractivity contribution >= 4 is 22.8 Å². The molecule has 1 amide bonds. The minimum absolute atomic E-state index is 0.0186. The summed E-state index contributed by atoms with van der Waals surface area (Å²) in [6.07, 6.45) is 5.56. The molecule has 0 radical (unpaired) electrons. The normalized spacial score (nSPS) is 14.8. The fraction of sp³-hybridized carbons (Fsp3) is 0.385. The van der Waals surface area contributed by atoms with Gasteiger partial charge >= 0.3 is 0 Å². The van der Waals surface area contributed by atoms with Crippen molar-refractivity contribution in [3.8, 4) is 28.4 Å². The number of thiophene rings is 1. The van der Waals surface area contributed by atoms with Gasteiger partial charge in [-0.3, -0.25) is 4.79 Å². The third-order valence-electron chi connectivity index (χ3n) is 6.04.